The molecular formula is C19H27IN6O2. The highest BCUT2D eigenvalue weighted by Crippen LogP contribution is 2.46. The lowest BCUT2D eigenvalue weighted by Crippen LogP contribution is -2.47. The molecule has 3 aliphatic rings. The summed E-state index contributed by atoms with van der Waals surface area (Å²) in [4.78, 5) is 11.9. The molecule has 0 amide bonds. The minimum absolute atomic E-state index is 0.0492. The number of hydrogen-bond donors (Lipinski definition) is 2. The molecule has 1 saturated carbocycles. The standard InChI is InChI=1S/C19H27IN6O2/c20-17-16-18(26(24-17)15-3-1-2-8-28-15)23-14(11-22-16)25-6-4-19(5-7-25)10-12(27)9-13(19)21/h11-13,15,27H,1-10,21H2/t12-,13+,15?/m0/s1. The minimum Gasteiger partial charge on any atom is -0.393 e. The molecule has 0 radical (unpaired) electrons. The van der Waals surface area contributed by atoms with E-state index in [1.165, 1.54) is 0 Å². The Balaban J connectivity index is 1.39. The first-order chi connectivity index (χ1) is 13.6. The number of rotatable bonds is 2. The van der Waals surface area contributed by atoms with Crippen LogP contribution in [0.4, 0.5) is 5.82 Å². The third-order valence-electron chi connectivity index (χ3n) is 6.82. The first-order valence-electron chi connectivity index (χ1n) is 10.3. The number of nitrogens with zero attached hydrogens (tertiary/aromatic N) is 5. The number of ether oxygens (including phenoxy) is 1. The van der Waals surface area contributed by atoms with Gasteiger partial charge in [-0.3, -0.25) is 0 Å². The molecule has 4 heterocycles. The van der Waals surface area contributed by atoms with E-state index in [-0.39, 0.29) is 23.8 Å². The maximum Gasteiger partial charge on any atom is 0.182 e. The summed E-state index contributed by atoms with van der Waals surface area (Å²) in [6, 6.07) is 0.102. The molecule has 3 atom stereocenters. The van der Waals surface area contributed by atoms with Gasteiger partial charge < -0.3 is 20.5 Å². The Bertz CT molecular complexity index is 859. The van der Waals surface area contributed by atoms with Crippen molar-refractivity contribution in [1.29, 1.82) is 0 Å². The SMILES string of the molecule is N[C@@H]1C[C@H](O)CC12CCN(c1cnc3c(I)nn(C4CCCCO4)c3n1)CC2. The maximum atomic E-state index is 10.0. The Morgan fingerprint density at radius 2 is 2.11 bits per heavy atom. The van der Waals surface area contributed by atoms with E-state index in [9.17, 15) is 5.11 Å². The van der Waals surface area contributed by atoms with E-state index < -0.39 is 0 Å². The summed E-state index contributed by atoms with van der Waals surface area (Å²) in [5.41, 5.74) is 8.10. The van der Waals surface area contributed by atoms with Crippen molar-refractivity contribution in [2.45, 2.75) is 63.3 Å². The second-order valence-corrected chi connectivity index (χ2v) is 9.53. The summed E-state index contributed by atoms with van der Waals surface area (Å²) >= 11 is 2.23. The molecule has 8 nitrogen and oxygen atoms in total. The van der Waals surface area contributed by atoms with Crippen molar-refractivity contribution in [1.82, 2.24) is 19.7 Å². The summed E-state index contributed by atoms with van der Waals surface area (Å²) in [6.45, 7) is 2.56. The topological polar surface area (TPSA) is 102 Å². The molecule has 1 unspecified atom stereocenters. The lowest BCUT2D eigenvalue weighted by molar-refractivity contribution is -0.0372. The van der Waals surface area contributed by atoms with E-state index >= 15 is 0 Å². The third kappa shape index (κ3) is 3.20. The van der Waals surface area contributed by atoms with Crippen LogP contribution in [0.15, 0.2) is 6.20 Å². The van der Waals surface area contributed by atoms with E-state index in [1.54, 1.807) is 0 Å². The second-order valence-electron chi connectivity index (χ2n) is 8.51. The average molecular weight is 498 g/mol. The highest BCUT2D eigenvalue weighted by molar-refractivity contribution is 14.1. The first-order valence-corrected chi connectivity index (χ1v) is 11.3. The lowest BCUT2D eigenvalue weighted by atomic mass is 9.74. The number of piperidine rings is 1. The van der Waals surface area contributed by atoms with E-state index in [4.69, 9.17) is 15.5 Å². The van der Waals surface area contributed by atoms with Gasteiger partial charge in [-0.1, -0.05) is 0 Å². The molecule has 0 bridgehead atoms. The summed E-state index contributed by atoms with van der Waals surface area (Å²) < 4.78 is 8.72. The summed E-state index contributed by atoms with van der Waals surface area (Å²) in [7, 11) is 0. The van der Waals surface area contributed by atoms with Crippen LogP contribution in [0.5, 0.6) is 0 Å². The van der Waals surface area contributed by atoms with Crippen LogP contribution in [-0.4, -0.2) is 56.7 Å². The summed E-state index contributed by atoms with van der Waals surface area (Å²) in [6.07, 6.45) is 8.33. The number of halogens is 1. The van der Waals surface area contributed by atoms with Crippen molar-refractivity contribution in [3.05, 3.63) is 9.90 Å². The van der Waals surface area contributed by atoms with Gasteiger partial charge in [0.1, 0.15) is 11.3 Å². The summed E-state index contributed by atoms with van der Waals surface area (Å²) in [5, 5.41) is 14.7. The third-order valence-corrected chi connectivity index (χ3v) is 7.54. The maximum absolute atomic E-state index is 10.0. The van der Waals surface area contributed by atoms with Crippen LogP contribution in [0.2, 0.25) is 0 Å². The predicted octanol–water partition coefficient (Wildman–Crippen LogP) is 2.20. The number of aliphatic hydroxyl groups is 1. The summed E-state index contributed by atoms with van der Waals surface area (Å²) in [5.74, 6) is 0.892. The van der Waals surface area contributed by atoms with E-state index in [0.29, 0.717) is 0 Å². The zero-order valence-electron chi connectivity index (χ0n) is 15.9. The van der Waals surface area contributed by atoms with Crippen LogP contribution < -0.4 is 10.6 Å². The zero-order chi connectivity index (χ0) is 19.3. The van der Waals surface area contributed by atoms with Crippen molar-refractivity contribution in [3.63, 3.8) is 0 Å². The fraction of sp³-hybridized carbons (Fsp3) is 0.737. The van der Waals surface area contributed by atoms with Gasteiger partial charge in [0.2, 0.25) is 0 Å². The number of fused-ring (bicyclic) bond motifs is 1. The Labute approximate surface area is 178 Å². The largest absolute Gasteiger partial charge is 0.393 e. The van der Waals surface area contributed by atoms with Crippen LogP contribution in [0.1, 0.15) is 51.2 Å². The van der Waals surface area contributed by atoms with Gasteiger partial charge in [0.15, 0.2) is 15.6 Å². The molecule has 9 heteroatoms. The molecule has 5 rings (SSSR count). The molecule has 152 valence electrons. The van der Waals surface area contributed by atoms with Crippen LogP contribution in [-0.2, 0) is 4.74 Å². The molecule has 3 N–H and O–H groups in total. The molecule has 1 spiro atoms. The highest BCUT2D eigenvalue weighted by atomic mass is 127. The normalized spacial score (nSPS) is 30.4. The molecule has 1 aliphatic carbocycles. The quantitative estimate of drug-likeness (QED) is 0.613. The number of nitrogens with two attached hydrogens (primary N) is 1. The molecule has 0 aromatic carbocycles. The van der Waals surface area contributed by atoms with E-state index in [0.717, 1.165) is 85.3 Å². The number of aliphatic hydroxyl groups excluding tert-OH is 1. The van der Waals surface area contributed by atoms with Crippen LogP contribution in [0, 0.1) is 9.12 Å². The molecule has 2 aliphatic heterocycles. The van der Waals surface area contributed by atoms with Crippen LogP contribution >= 0.6 is 22.6 Å². The fourth-order valence-electron chi connectivity index (χ4n) is 5.14. The zero-order valence-corrected chi connectivity index (χ0v) is 18.1. The monoisotopic (exact) mass is 498 g/mol. The van der Waals surface area contributed by atoms with Gasteiger partial charge in [-0.2, -0.15) is 5.10 Å². The Morgan fingerprint density at radius 1 is 1.29 bits per heavy atom. The van der Waals surface area contributed by atoms with Crippen LogP contribution in [0.3, 0.4) is 0 Å². The Morgan fingerprint density at radius 3 is 2.79 bits per heavy atom. The molecule has 2 aromatic rings. The Hall–Kier alpha value is -1.04. The van der Waals surface area contributed by atoms with Crippen LogP contribution in [0.25, 0.3) is 11.2 Å². The van der Waals surface area contributed by atoms with Crippen molar-refractivity contribution >= 4 is 39.6 Å². The van der Waals surface area contributed by atoms with Gasteiger partial charge in [0.05, 0.1) is 12.3 Å². The van der Waals surface area contributed by atoms with Gasteiger partial charge in [-0.25, -0.2) is 14.6 Å². The predicted molar refractivity (Wildman–Crippen MR) is 114 cm³/mol. The van der Waals surface area contributed by atoms with Gasteiger partial charge >= 0.3 is 0 Å². The molecule has 28 heavy (non-hydrogen) atoms. The van der Waals surface area contributed by atoms with Gasteiger partial charge in [0, 0.05) is 25.7 Å². The first kappa shape index (κ1) is 19.0. The van der Waals surface area contributed by atoms with Gasteiger partial charge in [0.25, 0.3) is 0 Å². The van der Waals surface area contributed by atoms with Crippen molar-refractivity contribution in [2.75, 3.05) is 24.6 Å². The van der Waals surface area contributed by atoms with E-state index in [2.05, 4.69) is 37.6 Å². The second kappa shape index (κ2) is 7.33. The van der Waals surface area contributed by atoms with Gasteiger partial charge in [-0.05, 0) is 73.0 Å². The van der Waals surface area contributed by atoms with Crippen molar-refractivity contribution in [3.8, 4) is 0 Å². The van der Waals surface area contributed by atoms with E-state index in [1.807, 2.05) is 10.9 Å². The Kier molecular flexibility index (Phi) is 4.96. The molecule has 2 aromatic heterocycles. The number of aromatic nitrogens is 4. The minimum atomic E-state index is -0.246. The van der Waals surface area contributed by atoms with Crippen molar-refractivity contribution < 1.29 is 9.84 Å². The molecular weight excluding hydrogens is 471 g/mol. The van der Waals surface area contributed by atoms with Gasteiger partial charge in [-0.15, -0.1) is 0 Å². The number of anilines is 1. The average Bonchev–Trinajstić information content (AvgIpc) is 3.19. The highest BCUT2D eigenvalue weighted by Gasteiger charge is 2.46. The number of hydrogen-bond acceptors (Lipinski definition) is 7. The lowest BCUT2D eigenvalue weighted by Gasteiger charge is -2.42. The smallest absolute Gasteiger partial charge is 0.182 e. The molecule has 2 saturated heterocycles. The van der Waals surface area contributed by atoms with Crippen molar-refractivity contribution in [2.24, 2.45) is 11.1 Å². The molecule has 3 fully saturated rings. The fourth-order valence-corrected chi connectivity index (χ4v) is 5.75.